The van der Waals surface area contributed by atoms with E-state index >= 15 is 0 Å². The number of hydrogen-bond acceptors (Lipinski definition) is 3. The van der Waals surface area contributed by atoms with Crippen LogP contribution >= 0.6 is 11.6 Å². The number of likely N-dealkylation sites (tertiary alicyclic amines) is 1. The van der Waals surface area contributed by atoms with Gasteiger partial charge in [-0.05, 0) is 50.0 Å². The van der Waals surface area contributed by atoms with Crippen molar-refractivity contribution in [2.45, 2.75) is 25.3 Å². The maximum absolute atomic E-state index is 12.2. The molecule has 1 aromatic heterocycles. The highest BCUT2D eigenvalue weighted by atomic mass is 35.5. The summed E-state index contributed by atoms with van der Waals surface area (Å²) in [5.41, 5.74) is 0. The summed E-state index contributed by atoms with van der Waals surface area (Å²) in [6.45, 7) is 1.61. The van der Waals surface area contributed by atoms with Crippen molar-refractivity contribution in [3.63, 3.8) is 0 Å². The maximum atomic E-state index is 12.2. The van der Waals surface area contributed by atoms with E-state index in [0.717, 1.165) is 25.9 Å². The van der Waals surface area contributed by atoms with Crippen LogP contribution < -0.4 is 5.32 Å². The van der Waals surface area contributed by atoms with Gasteiger partial charge in [0.25, 0.3) is 5.91 Å². The lowest BCUT2D eigenvalue weighted by Crippen LogP contribution is -2.47. The molecular formula is C12H17ClN2O2. The Morgan fingerprint density at radius 3 is 3.06 bits per heavy atom. The van der Waals surface area contributed by atoms with Crippen LogP contribution in [0.5, 0.6) is 0 Å². The van der Waals surface area contributed by atoms with E-state index < -0.39 is 0 Å². The van der Waals surface area contributed by atoms with E-state index in [1.807, 2.05) is 11.9 Å². The monoisotopic (exact) mass is 256 g/mol. The largest absolute Gasteiger partial charge is 0.440 e. The zero-order chi connectivity index (χ0) is 12.3. The molecule has 1 aliphatic heterocycles. The average Bonchev–Trinajstić information content (AvgIpc) is 2.76. The van der Waals surface area contributed by atoms with Crippen molar-refractivity contribution in [2.24, 2.45) is 0 Å². The summed E-state index contributed by atoms with van der Waals surface area (Å²) >= 11 is 5.69. The molecular weight excluding hydrogens is 240 g/mol. The smallest absolute Gasteiger partial charge is 0.289 e. The molecule has 0 saturated carbocycles. The Kier molecular flexibility index (Phi) is 4.07. The predicted octanol–water partition coefficient (Wildman–Crippen LogP) is 2.15. The highest BCUT2D eigenvalue weighted by Crippen LogP contribution is 2.21. The molecule has 2 rings (SSSR count). The number of piperidine rings is 1. The third-order valence-corrected chi connectivity index (χ3v) is 3.31. The van der Waals surface area contributed by atoms with E-state index in [2.05, 4.69) is 5.32 Å². The topological polar surface area (TPSA) is 45.5 Å². The molecule has 17 heavy (non-hydrogen) atoms. The van der Waals surface area contributed by atoms with E-state index in [1.54, 1.807) is 12.1 Å². The Morgan fingerprint density at radius 1 is 1.59 bits per heavy atom. The lowest BCUT2D eigenvalue weighted by atomic mass is 10.0. The van der Waals surface area contributed by atoms with Crippen LogP contribution in [-0.4, -0.2) is 37.0 Å². The van der Waals surface area contributed by atoms with E-state index in [9.17, 15) is 4.79 Å². The second kappa shape index (κ2) is 5.56. The van der Waals surface area contributed by atoms with E-state index in [0.29, 0.717) is 5.76 Å². The van der Waals surface area contributed by atoms with Crippen LogP contribution in [0.15, 0.2) is 16.5 Å². The van der Waals surface area contributed by atoms with Gasteiger partial charge in [0.2, 0.25) is 0 Å². The van der Waals surface area contributed by atoms with Crippen LogP contribution in [0.2, 0.25) is 5.22 Å². The van der Waals surface area contributed by atoms with Crippen molar-refractivity contribution in [3.05, 3.63) is 23.1 Å². The highest BCUT2D eigenvalue weighted by Gasteiger charge is 2.28. The molecule has 1 aliphatic rings. The Bertz CT molecular complexity index is 390. The lowest BCUT2D eigenvalue weighted by molar-refractivity contribution is 0.0582. The number of halogens is 1. The van der Waals surface area contributed by atoms with Crippen molar-refractivity contribution in [3.8, 4) is 0 Å². The minimum atomic E-state index is -0.0585. The summed E-state index contributed by atoms with van der Waals surface area (Å²) in [4.78, 5) is 14.1. The first-order valence-corrected chi connectivity index (χ1v) is 6.31. The number of nitrogens with one attached hydrogen (secondary N) is 1. The molecule has 0 aromatic carbocycles. The molecule has 1 saturated heterocycles. The quantitative estimate of drug-likeness (QED) is 0.901. The number of rotatable bonds is 3. The van der Waals surface area contributed by atoms with E-state index in [1.165, 1.54) is 6.42 Å². The van der Waals surface area contributed by atoms with Crippen LogP contribution in [0.25, 0.3) is 0 Å². The summed E-state index contributed by atoms with van der Waals surface area (Å²) in [5.74, 6) is 0.273. The van der Waals surface area contributed by atoms with E-state index in [4.69, 9.17) is 16.0 Å². The summed E-state index contributed by atoms with van der Waals surface area (Å²) in [5, 5.41) is 3.39. The molecule has 1 aromatic rings. The van der Waals surface area contributed by atoms with Crippen LogP contribution in [-0.2, 0) is 0 Å². The number of furan rings is 1. The third-order valence-electron chi connectivity index (χ3n) is 3.11. The van der Waals surface area contributed by atoms with Gasteiger partial charge >= 0.3 is 0 Å². The molecule has 0 aliphatic carbocycles. The molecule has 1 fully saturated rings. The van der Waals surface area contributed by atoms with Gasteiger partial charge < -0.3 is 14.6 Å². The molecule has 1 N–H and O–H groups in total. The van der Waals surface area contributed by atoms with Crippen LogP contribution in [0, 0.1) is 0 Å². The normalized spacial score (nSPS) is 20.6. The number of likely N-dealkylation sites (N-methyl/N-ethyl adjacent to an activating group) is 1. The number of carbonyl (C=O) groups is 1. The van der Waals surface area contributed by atoms with Gasteiger partial charge in [-0.2, -0.15) is 0 Å². The standard InChI is InChI=1S/C12H17ClN2O2/c1-14-8-9-4-2-3-7-15(9)12(16)10-5-6-11(13)17-10/h5-6,9,14H,2-4,7-8H2,1H3. The zero-order valence-electron chi connectivity index (χ0n) is 9.91. The van der Waals surface area contributed by atoms with Crippen molar-refractivity contribution >= 4 is 17.5 Å². The number of carbonyl (C=O) groups excluding carboxylic acids is 1. The molecule has 4 nitrogen and oxygen atoms in total. The fourth-order valence-electron chi connectivity index (χ4n) is 2.29. The van der Waals surface area contributed by atoms with Crippen molar-refractivity contribution < 1.29 is 9.21 Å². The average molecular weight is 257 g/mol. The van der Waals surface area contributed by atoms with Gasteiger partial charge in [0.15, 0.2) is 11.0 Å². The SMILES string of the molecule is CNCC1CCCCN1C(=O)c1ccc(Cl)o1. The van der Waals surface area contributed by atoms with Gasteiger partial charge in [-0.3, -0.25) is 4.79 Å². The lowest BCUT2D eigenvalue weighted by Gasteiger charge is -2.35. The maximum Gasteiger partial charge on any atom is 0.289 e. The van der Waals surface area contributed by atoms with Crippen molar-refractivity contribution in [2.75, 3.05) is 20.1 Å². The summed E-state index contributed by atoms with van der Waals surface area (Å²) < 4.78 is 5.18. The number of hydrogen-bond donors (Lipinski definition) is 1. The Morgan fingerprint density at radius 2 is 2.41 bits per heavy atom. The van der Waals surface area contributed by atoms with Crippen molar-refractivity contribution in [1.82, 2.24) is 10.2 Å². The Hall–Kier alpha value is -1.00. The number of nitrogens with zero attached hydrogens (tertiary/aromatic N) is 1. The van der Waals surface area contributed by atoms with Gasteiger partial charge in [0.1, 0.15) is 0 Å². The first kappa shape index (κ1) is 12.5. The second-order valence-electron chi connectivity index (χ2n) is 4.31. The first-order valence-electron chi connectivity index (χ1n) is 5.93. The van der Waals surface area contributed by atoms with Gasteiger partial charge in [0, 0.05) is 19.1 Å². The highest BCUT2D eigenvalue weighted by molar-refractivity contribution is 6.29. The van der Waals surface area contributed by atoms with Gasteiger partial charge in [0.05, 0.1) is 0 Å². The van der Waals surface area contributed by atoms with Gasteiger partial charge in [-0.25, -0.2) is 0 Å². The van der Waals surface area contributed by atoms with Crippen LogP contribution in [0.4, 0.5) is 0 Å². The molecule has 1 unspecified atom stereocenters. The molecule has 0 bridgehead atoms. The fraction of sp³-hybridized carbons (Fsp3) is 0.583. The molecule has 2 heterocycles. The molecule has 0 radical (unpaired) electrons. The number of amides is 1. The van der Waals surface area contributed by atoms with Gasteiger partial charge in [-0.15, -0.1) is 0 Å². The Labute approximate surface area is 106 Å². The summed E-state index contributed by atoms with van der Waals surface area (Å²) in [6, 6.07) is 3.49. The minimum absolute atomic E-state index is 0.0585. The molecule has 1 atom stereocenters. The molecule has 1 amide bonds. The minimum Gasteiger partial charge on any atom is -0.440 e. The summed E-state index contributed by atoms with van der Waals surface area (Å²) in [7, 11) is 1.90. The Balaban J connectivity index is 2.10. The molecule has 5 heteroatoms. The van der Waals surface area contributed by atoms with Crippen LogP contribution in [0.1, 0.15) is 29.8 Å². The van der Waals surface area contributed by atoms with Gasteiger partial charge in [-0.1, -0.05) is 0 Å². The molecule has 0 spiro atoms. The second-order valence-corrected chi connectivity index (χ2v) is 4.68. The third kappa shape index (κ3) is 2.82. The summed E-state index contributed by atoms with van der Waals surface area (Å²) in [6.07, 6.45) is 3.27. The van der Waals surface area contributed by atoms with Crippen molar-refractivity contribution in [1.29, 1.82) is 0 Å². The molecule has 94 valence electrons. The predicted molar refractivity (Wildman–Crippen MR) is 66.3 cm³/mol. The van der Waals surface area contributed by atoms with Crippen LogP contribution in [0.3, 0.4) is 0 Å². The first-order chi connectivity index (χ1) is 8.22. The fourth-order valence-corrected chi connectivity index (χ4v) is 2.43. The van der Waals surface area contributed by atoms with E-state index in [-0.39, 0.29) is 17.2 Å². The zero-order valence-corrected chi connectivity index (χ0v) is 10.7.